The fourth-order valence-corrected chi connectivity index (χ4v) is 3.46. The number of carbonyl (C=O) groups is 1. The van der Waals surface area contributed by atoms with Crippen LogP contribution < -0.4 is 5.32 Å². The van der Waals surface area contributed by atoms with E-state index in [4.69, 9.17) is 4.52 Å². The van der Waals surface area contributed by atoms with Gasteiger partial charge in [-0.05, 0) is 55.5 Å². The maximum atomic E-state index is 11.6. The van der Waals surface area contributed by atoms with Crippen LogP contribution in [0.4, 0.5) is 0 Å². The Bertz CT molecular complexity index is 687. The molecule has 2 atom stereocenters. The van der Waals surface area contributed by atoms with Crippen molar-refractivity contribution in [2.24, 2.45) is 17.8 Å². The first-order chi connectivity index (χ1) is 11.0. The molecule has 5 nitrogen and oxygen atoms in total. The highest BCUT2D eigenvalue weighted by Crippen LogP contribution is 2.28. The van der Waals surface area contributed by atoms with E-state index < -0.39 is 11.9 Å². The Kier molecular flexibility index (Phi) is 4.66. The summed E-state index contributed by atoms with van der Waals surface area (Å²) in [4.78, 5) is 11.6. The maximum absolute atomic E-state index is 11.6. The third kappa shape index (κ3) is 3.55. The lowest BCUT2D eigenvalue weighted by atomic mass is 9.87. The van der Waals surface area contributed by atoms with Crippen LogP contribution in [0, 0.1) is 17.8 Å². The zero-order chi connectivity index (χ0) is 16.4. The van der Waals surface area contributed by atoms with E-state index in [0.717, 1.165) is 42.6 Å². The highest BCUT2D eigenvalue weighted by molar-refractivity contribution is 5.81. The summed E-state index contributed by atoms with van der Waals surface area (Å²) in [5.41, 5.74) is 2.74. The number of benzene rings is 1. The fourth-order valence-electron chi connectivity index (χ4n) is 3.46. The van der Waals surface area contributed by atoms with Gasteiger partial charge in [-0.3, -0.25) is 4.79 Å². The number of fused-ring (bicyclic) bond motifs is 1. The highest BCUT2D eigenvalue weighted by Gasteiger charge is 2.32. The average molecular weight is 316 g/mol. The molecule has 1 saturated heterocycles. The van der Waals surface area contributed by atoms with Crippen LogP contribution in [0.25, 0.3) is 11.0 Å². The van der Waals surface area contributed by atoms with Crippen molar-refractivity contribution in [3.63, 3.8) is 0 Å². The fraction of sp³-hybridized carbons (Fsp3) is 0.556. The summed E-state index contributed by atoms with van der Waals surface area (Å²) in [7, 11) is 0. The van der Waals surface area contributed by atoms with Gasteiger partial charge >= 0.3 is 5.97 Å². The van der Waals surface area contributed by atoms with Crippen LogP contribution in [0.3, 0.4) is 0 Å². The summed E-state index contributed by atoms with van der Waals surface area (Å²) < 4.78 is 5.46. The molecule has 1 aliphatic heterocycles. The summed E-state index contributed by atoms with van der Waals surface area (Å²) in [6.45, 7) is 6.03. The molecule has 0 amide bonds. The van der Waals surface area contributed by atoms with Gasteiger partial charge in [-0.2, -0.15) is 0 Å². The van der Waals surface area contributed by atoms with E-state index in [9.17, 15) is 9.90 Å². The summed E-state index contributed by atoms with van der Waals surface area (Å²) in [5, 5.41) is 17.9. The molecule has 0 radical (unpaired) electrons. The van der Waals surface area contributed by atoms with Gasteiger partial charge in [0, 0.05) is 11.8 Å². The second kappa shape index (κ2) is 6.71. The molecule has 3 rings (SSSR count). The zero-order valence-electron chi connectivity index (χ0n) is 13.7. The van der Waals surface area contributed by atoms with Crippen LogP contribution in [0.2, 0.25) is 0 Å². The van der Waals surface area contributed by atoms with Gasteiger partial charge in [0.1, 0.15) is 0 Å². The number of nitrogens with one attached hydrogen (secondary N) is 1. The van der Waals surface area contributed by atoms with Gasteiger partial charge in [-0.15, -0.1) is 0 Å². The quantitative estimate of drug-likeness (QED) is 0.857. The number of rotatable bonds is 6. The van der Waals surface area contributed by atoms with E-state index in [-0.39, 0.29) is 5.92 Å². The van der Waals surface area contributed by atoms with Crippen LogP contribution in [0.1, 0.15) is 31.5 Å². The predicted molar refractivity (Wildman–Crippen MR) is 88.4 cm³/mol. The molecular formula is C18H24N2O3. The Morgan fingerprint density at radius 1 is 1.43 bits per heavy atom. The number of nitrogens with zero attached hydrogens (tertiary/aromatic N) is 1. The molecule has 5 heteroatoms. The van der Waals surface area contributed by atoms with E-state index in [1.165, 1.54) is 5.56 Å². The van der Waals surface area contributed by atoms with Crippen molar-refractivity contribution in [1.82, 2.24) is 10.5 Å². The molecule has 0 aliphatic carbocycles. The molecule has 124 valence electrons. The predicted octanol–water partition coefficient (Wildman–Crippen LogP) is 2.88. The molecule has 0 spiro atoms. The summed E-state index contributed by atoms with van der Waals surface area (Å²) in [5.74, 6) is -0.402. The molecule has 2 N–H and O–H groups in total. The van der Waals surface area contributed by atoms with Crippen molar-refractivity contribution in [3.05, 3.63) is 29.5 Å². The number of aliphatic carboxylic acids is 1. The first-order valence-corrected chi connectivity index (χ1v) is 8.35. The number of hydrogen-bond donors (Lipinski definition) is 2. The van der Waals surface area contributed by atoms with Gasteiger partial charge in [-0.1, -0.05) is 25.1 Å². The van der Waals surface area contributed by atoms with Gasteiger partial charge in [0.15, 0.2) is 5.58 Å². The monoisotopic (exact) mass is 316 g/mol. The molecule has 1 fully saturated rings. The van der Waals surface area contributed by atoms with Crippen LogP contribution in [-0.2, 0) is 17.6 Å². The second-order valence-corrected chi connectivity index (χ2v) is 6.96. The van der Waals surface area contributed by atoms with Crippen molar-refractivity contribution in [1.29, 1.82) is 0 Å². The Hall–Kier alpha value is -1.88. The van der Waals surface area contributed by atoms with E-state index in [2.05, 4.69) is 30.4 Å². The Balaban J connectivity index is 1.83. The lowest BCUT2D eigenvalue weighted by molar-refractivity contribution is -0.143. The first-order valence-electron chi connectivity index (χ1n) is 8.35. The van der Waals surface area contributed by atoms with E-state index in [1.807, 2.05) is 12.1 Å². The van der Waals surface area contributed by atoms with Crippen molar-refractivity contribution < 1.29 is 14.4 Å². The first kappa shape index (κ1) is 16.0. The second-order valence-electron chi connectivity index (χ2n) is 6.96. The lowest BCUT2D eigenvalue weighted by Gasteiger charge is -2.17. The maximum Gasteiger partial charge on any atom is 0.307 e. The molecule has 2 aromatic rings. The molecular weight excluding hydrogens is 292 g/mol. The molecule has 2 unspecified atom stereocenters. The third-order valence-corrected chi connectivity index (χ3v) is 4.65. The van der Waals surface area contributed by atoms with E-state index >= 15 is 0 Å². The molecule has 23 heavy (non-hydrogen) atoms. The van der Waals surface area contributed by atoms with Crippen molar-refractivity contribution in [3.8, 4) is 0 Å². The molecule has 2 heterocycles. The standard InChI is InChI=1S/C18H24N2O3/c1-11(2)7-12-3-4-14-16(20-23-17(14)8-12)9-15(18(21)22)13-5-6-19-10-13/h3-4,8,11,13,15,19H,5-7,9-10H2,1-2H3,(H,21,22). The van der Waals surface area contributed by atoms with E-state index in [1.54, 1.807) is 0 Å². The number of hydrogen-bond acceptors (Lipinski definition) is 4. The minimum Gasteiger partial charge on any atom is -0.481 e. The molecule has 1 aromatic carbocycles. The third-order valence-electron chi connectivity index (χ3n) is 4.65. The van der Waals surface area contributed by atoms with Gasteiger partial charge in [0.05, 0.1) is 11.6 Å². The SMILES string of the molecule is CC(C)Cc1ccc2c(CC(C(=O)O)C3CCNC3)noc2c1. The molecule has 0 bridgehead atoms. The van der Waals surface area contributed by atoms with Crippen molar-refractivity contribution in [2.45, 2.75) is 33.1 Å². The lowest BCUT2D eigenvalue weighted by Crippen LogP contribution is -2.27. The van der Waals surface area contributed by atoms with Gasteiger partial charge < -0.3 is 14.9 Å². The smallest absolute Gasteiger partial charge is 0.307 e. The number of carboxylic acids is 1. The van der Waals surface area contributed by atoms with Crippen LogP contribution >= 0.6 is 0 Å². The van der Waals surface area contributed by atoms with Crippen LogP contribution in [0.5, 0.6) is 0 Å². The topological polar surface area (TPSA) is 75.4 Å². The number of carboxylic acid groups (broad SMARTS) is 1. The minimum absolute atomic E-state index is 0.166. The molecule has 1 aliphatic rings. The Labute approximate surface area is 136 Å². The number of aromatic nitrogens is 1. The highest BCUT2D eigenvalue weighted by atomic mass is 16.5. The van der Waals surface area contributed by atoms with E-state index in [0.29, 0.717) is 12.3 Å². The molecule has 0 saturated carbocycles. The van der Waals surface area contributed by atoms with Gasteiger partial charge in [-0.25, -0.2) is 0 Å². The summed E-state index contributed by atoms with van der Waals surface area (Å²) in [6.07, 6.45) is 2.33. The van der Waals surface area contributed by atoms with Gasteiger partial charge in [0.2, 0.25) is 0 Å². The molecule has 1 aromatic heterocycles. The summed E-state index contributed by atoms with van der Waals surface area (Å²) >= 11 is 0. The summed E-state index contributed by atoms with van der Waals surface area (Å²) in [6, 6.07) is 6.14. The normalized spacial score (nSPS) is 19.5. The Morgan fingerprint density at radius 2 is 2.26 bits per heavy atom. The Morgan fingerprint density at radius 3 is 2.91 bits per heavy atom. The average Bonchev–Trinajstić information content (AvgIpc) is 3.13. The van der Waals surface area contributed by atoms with Crippen LogP contribution in [-0.4, -0.2) is 29.3 Å². The van der Waals surface area contributed by atoms with Crippen LogP contribution in [0.15, 0.2) is 22.7 Å². The van der Waals surface area contributed by atoms with Crippen molar-refractivity contribution >= 4 is 16.9 Å². The largest absolute Gasteiger partial charge is 0.481 e. The van der Waals surface area contributed by atoms with Gasteiger partial charge in [0.25, 0.3) is 0 Å². The van der Waals surface area contributed by atoms with Crippen molar-refractivity contribution in [2.75, 3.05) is 13.1 Å². The minimum atomic E-state index is -0.744. The zero-order valence-corrected chi connectivity index (χ0v) is 13.7.